The Labute approximate surface area is 158 Å². The van der Waals surface area contributed by atoms with Gasteiger partial charge in [-0.1, -0.05) is 27.4 Å². The first kappa shape index (κ1) is 16.7. The number of esters is 1. The van der Waals surface area contributed by atoms with E-state index in [-0.39, 0.29) is 36.6 Å². The summed E-state index contributed by atoms with van der Waals surface area (Å²) in [5, 5.41) is 23.0. The highest BCUT2D eigenvalue weighted by Gasteiger charge is 2.95. The third-order valence-corrected chi connectivity index (χ3v) is 8.75. The Kier molecular flexibility index (Phi) is 2.69. The van der Waals surface area contributed by atoms with Crippen molar-refractivity contribution >= 4 is 5.97 Å². The van der Waals surface area contributed by atoms with Crippen LogP contribution in [0.25, 0.3) is 0 Å². The van der Waals surface area contributed by atoms with Gasteiger partial charge in [-0.2, -0.15) is 0 Å². The number of cyclic esters (lactones) is 1. The van der Waals surface area contributed by atoms with Gasteiger partial charge in [0.1, 0.15) is 29.5 Å². The fourth-order valence-electron chi connectivity index (χ4n) is 7.37. The Balaban J connectivity index is 1.53. The zero-order valence-corrected chi connectivity index (χ0v) is 15.9. The zero-order chi connectivity index (χ0) is 19.1. The monoisotopic (exact) mass is 374 g/mol. The third kappa shape index (κ3) is 1.40. The van der Waals surface area contributed by atoms with Gasteiger partial charge in [-0.3, -0.25) is 0 Å². The van der Waals surface area contributed by atoms with Crippen LogP contribution in [0.2, 0.25) is 0 Å². The maximum atomic E-state index is 12.1. The van der Waals surface area contributed by atoms with E-state index in [1.807, 2.05) is 6.92 Å². The standard InChI is InChI=1S/C21H26O6/c1-9(2)14-10(3)20-13(26-20)7-19(24)12-8-25-17(23)11(12)5-6-18(19,4)21(20)16(27-21)15(14)22/h9,13-16,22,24H,3,5-8H2,1-2,4H3. The molecule has 0 radical (unpaired) electrons. The summed E-state index contributed by atoms with van der Waals surface area (Å²) in [6.07, 6.45) is 0.321. The molecule has 0 aromatic heterocycles. The first-order valence-corrected chi connectivity index (χ1v) is 10.0. The van der Waals surface area contributed by atoms with Crippen LogP contribution < -0.4 is 0 Å². The van der Waals surface area contributed by atoms with E-state index in [1.165, 1.54) is 0 Å². The van der Waals surface area contributed by atoms with E-state index in [9.17, 15) is 15.0 Å². The predicted molar refractivity (Wildman–Crippen MR) is 93.6 cm³/mol. The highest BCUT2D eigenvalue weighted by atomic mass is 16.7. The third-order valence-electron chi connectivity index (χ3n) is 8.75. The smallest absolute Gasteiger partial charge is 0.334 e. The fraction of sp³-hybridized carbons (Fsp3) is 0.762. The Morgan fingerprint density at radius 1 is 1.30 bits per heavy atom. The summed E-state index contributed by atoms with van der Waals surface area (Å²) in [5.41, 5.74) is -1.09. The largest absolute Gasteiger partial charge is 0.458 e. The number of ether oxygens (including phenoxy) is 3. The van der Waals surface area contributed by atoms with Gasteiger partial charge in [0.25, 0.3) is 0 Å². The molecule has 6 rings (SSSR count). The summed E-state index contributed by atoms with van der Waals surface area (Å²) in [4.78, 5) is 12.1. The second-order valence-electron chi connectivity index (χ2n) is 9.83. The number of aliphatic hydroxyl groups excluding tert-OH is 1. The topological polar surface area (TPSA) is 91.8 Å². The molecular weight excluding hydrogens is 348 g/mol. The first-order valence-electron chi connectivity index (χ1n) is 10.0. The molecule has 3 aliphatic carbocycles. The molecule has 6 nitrogen and oxygen atoms in total. The van der Waals surface area contributed by atoms with Crippen LogP contribution in [-0.4, -0.2) is 57.9 Å². The van der Waals surface area contributed by atoms with Crippen LogP contribution in [0.1, 0.15) is 40.0 Å². The average Bonchev–Trinajstić information content (AvgIpc) is 3.46. The van der Waals surface area contributed by atoms with Crippen molar-refractivity contribution in [3.8, 4) is 0 Å². The van der Waals surface area contributed by atoms with Crippen molar-refractivity contribution < 1.29 is 29.2 Å². The van der Waals surface area contributed by atoms with E-state index in [2.05, 4.69) is 20.4 Å². The van der Waals surface area contributed by atoms with Gasteiger partial charge in [0.2, 0.25) is 0 Å². The summed E-state index contributed by atoms with van der Waals surface area (Å²) in [5.74, 6) is -0.169. The fourth-order valence-corrected chi connectivity index (χ4v) is 7.37. The molecular formula is C21H26O6. The minimum atomic E-state index is -1.23. The van der Waals surface area contributed by atoms with Gasteiger partial charge in [-0.15, -0.1) is 0 Å². The molecule has 3 aliphatic heterocycles. The molecule has 0 amide bonds. The molecule has 6 aliphatic rings. The molecule has 0 aromatic carbocycles. The highest BCUT2D eigenvalue weighted by Crippen LogP contribution is 2.81. The summed E-state index contributed by atoms with van der Waals surface area (Å²) in [6.45, 7) is 10.7. The number of carbonyl (C=O) groups excluding carboxylic acids is 1. The van der Waals surface area contributed by atoms with Crippen molar-refractivity contribution in [2.45, 2.75) is 75.1 Å². The number of hydrogen-bond donors (Lipinski definition) is 2. The van der Waals surface area contributed by atoms with E-state index in [0.717, 1.165) is 5.57 Å². The lowest BCUT2D eigenvalue weighted by Gasteiger charge is -2.58. The van der Waals surface area contributed by atoms with Gasteiger partial charge in [0.05, 0.1) is 12.2 Å². The number of hydrogen-bond acceptors (Lipinski definition) is 6. The van der Waals surface area contributed by atoms with E-state index in [1.54, 1.807) is 0 Å². The maximum Gasteiger partial charge on any atom is 0.334 e. The second-order valence-corrected chi connectivity index (χ2v) is 9.83. The van der Waals surface area contributed by atoms with Gasteiger partial charge in [-0.25, -0.2) is 4.79 Å². The average molecular weight is 374 g/mol. The Hall–Kier alpha value is -1.21. The van der Waals surface area contributed by atoms with E-state index < -0.39 is 28.3 Å². The molecule has 3 heterocycles. The minimum absolute atomic E-state index is 0.0832. The normalized spacial score (nSPS) is 57.4. The summed E-state index contributed by atoms with van der Waals surface area (Å²) < 4.78 is 17.9. The lowest BCUT2D eigenvalue weighted by molar-refractivity contribution is -0.137. The summed E-state index contributed by atoms with van der Waals surface area (Å²) in [6, 6.07) is 0. The van der Waals surface area contributed by atoms with Gasteiger partial charge in [0, 0.05) is 28.9 Å². The van der Waals surface area contributed by atoms with Gasteiger partial charge in [-0.05, 0) is 24.3 Å². The number of epoxide rings is 2. The molecule has 2 N–H and O–H groups in total. The minimum Gasteiger partial charge on any atom is -0.458 e. The number of rotatable bonds is 1. The van der Waals surface area contributed by atoms with E-state index >= 15 is 0 Å². The molecule has 2 saturated carbocycles. The maximum absolute atomic E-state index is 12.1. The second kappa shape index (κ2) is 4.35. The number of aliphatic hydroxyl groups is 2. The molecule has 27 heavy (non-hydrogen) atoms. The highest BCUT2D eigenvalue weighted by molar-refractivity contribution is 5.93. The lowest BCUT2D eigenvalue weighted by Crippen LogP contribution is -2.71. The first-order chi connectivity index (χ1) is 12.7. The van der Waals surface area contributed by atoms with Crippen molar-refractivity contribution in [2.24, 2.45) is 17.3 Å². The van der Waals surface area contributed by atoms with Gasteiger partial charge >= 0.3 is 5.97 Å². The SMILES string of the molecule is C=C1C(C(C)C)C(O)C2OC23C12OC2CC1(O)C2=C(CCC13C)C(=O)OC2. The van der Waals surface area contributed by atoms with Crippen LogP contribution in [0.4, 0.5) is 0 Å². The summed E-state index contributed by atoms with van der Waals surface area (Å²) in [7, 11) is 0. The number of fused-ring (bicyclic) bond motifs is 2. The van der Waals surface area contributed by atoms with Crippen LogP contribution in [0.5, 0.6) is 0 Å². The number of carbonyl (C=O) groups is 1. The van der Waals surface area contributed by atoms with Crippen molar-refractivity contribution in [2.75, 3.05) is 6.61 Å². The Bertz CT molecular complexity index is 846. The molecule has 4 fully saturated rings. The van der Waals surface area contributed by atoms with Crippen molar-refractivity contribution in [3.63, 3.8) is 0 Å². The molecule has 0 bridgehead atoms. The Morgan fingerprint density at radius 3 is 2.74 bits per heavy atom. The van der Waals surface area contributed by atoms with Gasteiger partial charge in [0.15, 0.2) is 0 Å². The van der Waals surface area contributed by atoms with Crippen molar-refractivity contribution in [3.05, 3.63) is 23.3 Å². The van der Waals surface area contributed by atoms with E-state index in [0.29, 0.717) is 30.4 Å². The molecule has 8 unspecified atom stereocenters. The lowest BCUT2D eigenvalue weighted by atomic mass is 9.44. The molecule has 6 heteroatoms. The van der Waals surface area contributed by atoms with Crippen LogP contribution >= 0.6 is 0 Å². The molecule has 8 atom stereocenters. The Morgan fingerprint density at radius 2 is 2.04 bits per heavy atom. The zero-order valence-electron chi connectivity index (χ0n) is 15.9. The van der Waals surface area contributed by atoms with Crippen LogP contribution in [-0.2, 0) is 19.0 Å². The van der Waals surface area contributed by atoms with Crippen molar-refractivity contribution in [1.29, 1.82) is 0 Å². The van der Waals surface area contributed by atoms with Gasteiger partial charge < -0.3 is 24.4 Å². The quantitative estimate of drug-likeness (QED) is 0.408. The molecule has 0 aromatic rings. The van der Waals surface area contributed by atoms with E-state index in [4.69, 9.17) is 14.2 Å². The van der Waals surface area contributed by atoms with Crippen LogP contribution in [0.3, 0.4) is 0 Å². The summed E-state index contributed by atoms with van der Waals surface area (Å²) >= 11 is 0. The van der Waals surface area contributed by atoms with Crippen LogP contribution in [0, 0.1) is 17.3 Å². The molecule has 2 saturated heterocycles. The molecule has 146 valence electrons. The molecule has 2 spiro atoms. The van der Waals surface area contributed by atoms with Crippen LogP contribution in [0.15, 0.2) is 23.3 Å². The van der Waals surface area contributed by atoms with Crippen molar-refractivity contribution in [1.82, 2.24) is 0 Å². The predicted octanol–water partition coefficient (Wildman–Crippen LogP) is 1.25.